The molecule has 9 heavy (non-hydrogen) atoms. The minimum atomic E-state index is 1.11. The molecule has 0 aliphatic carbocycles. The Hall–Kier alpha value is -0.915. The first-order chi connectivity index (χ1) is 4.36. The molecule has 0 amide bonds. The van der Waals surface area contributed by atoms with Gasteiger partial charge < -0.3 is 4.98 Å². The van der Waals surface area contributed by atoms with E-state index in [0.717, 1.165) is 7.28 Å². The summed E-state index contributed by atoms with van der Waals surface area (Å²) in [5.74, 6) is 2.18. The van der Waals surface area contributed by atoms with E-state index in [2.05, 4.69) is 30.0 Å². The SMILES string of the molecule is Cc1cc2c([nH]1)C=CB2. The normalized spacial score (nSPS) is 13.4. The van der Waals surface area contributed by atoms with Crippen molar-refractivity contribution >= 4 is 18.8 Å². The second kappa shape index (κ2) is 1.53. The van der Waals surface area contributed by atoms with Crippen LogP contribution in [0.1, 0.15) is 11.4 Å². The summed E-state index contributed by atoms with van der Waals surface area (Å²) in [6, 6.07) is 2.20. The highest BCUT2D eigenvalue weighted by Crippen LogP contribution is 2.04. The molecular formula is C7H8BN. The molecule has 2 heterocycles. The largest absolute Gasteiger partial charge is 0.360 e. The van der Waals surface area contributed by atoms with Gasteiger partial charge in [-0.2, -0.15) is 0 Å². The molecule has 0 spiro atoms. The van der Waals surface area contributed by atoms with E-state index >= 15 is 0 Å². The van der Waals surface area contributed by atoms with Crippen molar-refractivity contribution in [3.8, 4) is 0 Å². The number of H-pyrrole nitrogens is 1. The predicted octanol–water partition coefficient (Wildman–Crippen LogP) is 0.369. The summed E-state index contributed by atoms with van der Waals surface area (Å²) in [4.78, 5) is 3.27. The van der Waals surface area contributed by atoms with E-state index in [1.165, 1.54) is 16.9 Å². The number of nitrogens with one attached hydrogen (secondary N) is 1. The number of fused-ring (bicyclic) bond motifs is 1. The maximum atomic E-state index is 3.27. The molecule has 1 aromatic rings. The highest BCUT2D eigenvalue weighted by atomic mass is 14.7. The van der Waals surface area contributed by atoms with Crippen LogP contribution in [0.25, 0.3) is 6.08 Å². The lowest BCUT2D eigenvalue weighted by molar-refractivity contribution is 1.25. The van der Waals surface area contributed by atoms with Gasteiger partial charge in [-0.05, 0) is 13.0 Å². The van der Waals surface area contributed by atoms with Crippen LogP contribution in [-0.4, -0.2) is 12.3 Å². The first kappa shape index (κ1) is 4.92. The van der Waals surface area contributed by atoms with Crippen molar-refractivity contribution in [3.63, 3.8) is 0 Å². The van der Waals surface area contributed by atoms with Gasteiger partial charge in [0.05, 0.1) is 0 Å². The van der Waals surface area contributed by atoms with Gasteiger partial charge in [0, 0.05) is 11.4 Å². The molecule has 0 radical (unpaired) electrons. The van der Waals surface area contributed by atoms with Gasteiger partial charge in [-0.25, -0.2) is 0 Å². The molecule has 0 unspecified atom stereocenters. The number of rotatable bonds is 0. The van der Waals surface area contributed by atoms with Gasteiger partial charge in [0.2, 0.25) is 0 Å². The molecule has 2 heteroatoms. The van der Waals surface area contributed by atoms with E-state index in [1.807, 2.05) is 0 Å². The van der Waals surface area contributed by atoms with Crippen LogP contribution in [-0.2, 0) is 0 Å². The molecule has 1 aromatic heterocycles. The highest BCUT2D eigenvalue weighted by Gasteiger charge is 2.06. The average Bonchev–Trinajstić information content (AvgIpc) is 2.22. The molecule has 1 aliphatic heterocycles. The zero-order chi connectivity index (χ0) is 6.27. The van der Waals surface area contributed by atoms with Crippen LogP contribution in [0.4, 0.5) is 0 Å². The lowest BCUT2D eigenvalue weighted by atomic mass is 9.75. The molecule has 44 valence electrons. The lowest BCUT2D eigenvalue weighted by Gasteiger charge is -1.81. The van der Waals surface area contributed by atoms with E-state index in [1.54, 1.807) is 0 Å². The Labute approximate surface area is 55.0 Å². The third kappa shape index (κ3) is 0.628. The van der Waals surface area contributed by atoms with Crippen molar-refractivity contribution < 1.29 is 0 Å². The summed E-state index contributed by atoms with van der Waals surface area (Å²) in [7, 11) is 1.11. The number of hydrogen-bond donors (Lipinski definition) is 1. The Morgan fingerprint density at radius 1 is 1.56 bits per heavy atom. The van der Waals surface area contributed by atoms with Crippen molar-refractivity contribution in [3.05, 3.63) is 23.4 Å². The summed E-state index contributed by atoms with van der Waals surface area (Å²) in [6.45, 7) is 2.09. The van der Waals surface area contributed by atoms with Gasteiger partial charge in [-0.3, -0.25) is 0 Å². The molecule has 1 nitrogen and oxygen atoms in total. The van der Waals surface area contributed by atoms with Crippen molar-refractivity contribution in [2.75, 3.05) is 0 Å². The Balaban J connectivity index is 2.61. The molecule has 0 fully saturated rings. The summed E-state index contributed by atoms with van der Waals surface area (Å²) < 4.78 is 0. The van der Waals surface area contributed by atoms with E-state index in [0.29, 0.717) is 0 Å². The van der Waals surface area contributed by atoms with E-state index < -0.39 is 0 Å². The first-order valence-electron chi connectivity index (χ1n) is 3.21. The average molecular weight is 117 g/mol. The van der Waals surface area contributed by atoms with Crippen LogP contribution in [0.3, 0.4) is 0 Å². The van der Waals surface area contributed by atoms with Crippen LogP contribution < -0.4 is 5.46 Å². The summed E-state index contributed by atoms with van der Waals surface area (Å²) in [5.41, 5.74) is 4.00. The van der Waals surface area contributed by atoms with Crippen LogP contribution >= 0.6 is 0 Å². The fourth-order valence-electron chi connectivity index (χ4n) is 1.29. The number of aromatic nitrogens is 1. The first-order valence-corrected chi connectivity index (χ1v) is 3.21. The van der Waals surface area contributed by atoms with E-state index in [-0.39, 0.29) is 0 Å². The monoisotopic (exact) mass is 117 g/mol. The van der Waals surface area contributed by atoms with Gasteiger partial charge in [-0.1, -0.05) is 11.5 Å². The zero-order valence-electron chi connectivity index (χ0n) is 5.44. The van der Waals surface area contributed by atoms with Gasteiger partial charge in [0.15, 0.2) is 7.28 Å². The summed E-state index contributed by atoms with van der Waals surface area (Å²) in [5, 5.41) is 0. The summed E-state index contributed by atoms with van der Waals surface area (Å²) >= 11 is 0. The Kier molecular flexibility index (Phi) is 0.837. The Morgan fingerprint density at radius 3 is 3.22 bits per heavy atom. The quantitative estimate of drug-likeness (QED) is 0.472. The van der Waals surface area contributed by atoms with Gasteiger partial charge in [0.1, 0.15) is 0 Å². The molecular weight excluding hydrogens is 109 g/mol. The molecule has 0 aromatic carbocycles. The smallest absolute Gasteiger partial charge is 0.185 e. The van der Waals surface area contributed by atoms with Crippen LogP contribution in [0.5, 0.6) is 0 Å². The molecule has 0 bridgehead atoms. The molecule has 1 N–H and O–H groups in total. The van der Waals surface area contributed by atoms with Crippen molar-refractivity contribution in [2.24, 2.45) is 0 Å². The van der Waals surface area contributed by atoms with Crippen molar-refractivity contribution in [1.29, 1.82) is 0 Å². The molecule has 2 rings (SSSR count). The van der Waals surface area contributed by atoms with Gasteiger partial charge >= 0.3 is 0 Å². The van der Waals surface area contributed by atoms with E-state index in [4.69, 9.17) is 0 Å². The lowest BCUT2D eigenvalue weighted by Crippen LogP contribution is -2.06. The fraction of sp³-hybridized carbons (Fsp3) is 0.143. The maximum Gasteiger partial charge on any atom is 0.185 e. The topological polar surface area (TPSA) is 15.8 Å². The second-order valence-electron chi connectivity index (χ2n) is 2.50. The van der Waals surface area contributed by atoms with E-state index in [9.17, 15) is 0 Å². The highest BCUT2D eigenvalue weighted by molar-refractivity contribution is 6.62. The minimum absolute atomic E-state index is 1.11. The Bertz CT molecular complexity index is 260. The third-order valence-electron chi connectivity index (χ3n) is 1.69. The number of aromatic amines is 1. The Morgan fingerprint density at radius 2 is 2.44 bits per heavy atom. The molecule has 0 saturated heterocycles. The minimum Gasteiger partial charge on any atom is -0.360 e. The molecule has 0 saturated carbocycles. The third-order valence-corrected chi connectivity index (χ3v) is 1.69. The predicted molar refractivity (Wildman–Crippen MR) is 41.3 cm³/mol. The fourth-order valence-corrected chi connectivity index (χ4v) is 1.29. The van der Waals surface area contributed by atoms with Gasteiger partial charge in [-0.15, -0.1) is 5.98 Å². The van der Waals surface area contributed by atoms with Crippen LogP contribution in [0, 0.1) is 6.92 Å². The zero-order valence-corrected chi connectivity index (χ0v) is 5.44. The van der Waals surface area contributed by atoms with Crippen molar-refractivity contribution in [1.82, 2.24) is 4.98 Å². The van der Waals surface area contributed by atoms with Crippen LogP contribution in [0.15, 0.2) is 12.0 Å². The maximum absolute atomic E-state index is 3.27. The summed E-state index contributed by atoms with van der Waals surface area (Å²) in [6.07, 6.45) is 2.14. The standard InChI is InChI=1S/C7H8BN/c1-5-4-6-7(9-5)2-3-8-6/h2-4,8-9H,1H3. The number of aryl methyl sites for hydroxylation is 1. The van der Waals surface area contributed by atoms with Crippen molar-refractivity contribution in [2.45, 2.75) is 6.92 Å². The van der Waals surface area contributed by atoms with Gasteiger partial charge in [0.25, 0.3) is 0 Å². The molecule has 1 aliphatic rings. The van der Waals surface area contributed by atoms with Crippen LogP contribution in [0.2, 0.25) is 0 Å². The number of hydrogen-bond acceptors (Lipinski definition) is 0. The molecule has 0 atom stereocenters. The second-order valence-corrected chi connectivity index (χ2v) is 2.50.